The first-order valence-electron chi connectivity index (χ1n) is 11.5. The molecule has 0 radical (unpaired) electrons. The fourth-order valence-corrected chi connectivity index (χ4v) is 3.67. The predicted octanol–water partition coefficient (Wildman–Crippen LogP) is -2.14. The number of nitrogens with one attached hydrogen (secondary N) is 2. The highest BCUT2D eigenvalue weighted by molar-refractivity contribution is 5.83. The second-order valence-corrected chi connectivity index (χ2v) is 8.27. The number of nitrogens with zero attached hydrogens (tertiary/aromatic N) is 4. The van der Waals surface area contributed by atoms with Crippen molar-refractivity contribution in [2.24, 2.45) is 0 Å². The number of fused-ring (bicyclic) bond motifs is 1. The molecule has 8 N–H and O–H groups in total. The number of benzene rings is 1. The quantitative estimate of drug-likeness (QED) is 0.130. The van der Waals surface area contributed by atoms with Gasteiger partial charge in [0.15, 0.2) is 30.1 Å². The Balaban J connectivity index is 1.43. The van der Waals surface area contributed by atoms with Gasteiger partial charge in [-0.2, -0.15) is 9.97 Å². The van der Waals surface area contributed by atoms with Crippen LogP contribution in [0.5, 0.6) is 5.75 Å². The lowest BCUT2D eigenvalue weighted by molar-refractivity contribution is -0.370. The third kappa shape index (κ3) is 5.67. The standard InChI is InChI=1S/C22H27N7O9/c1-2-24-20(34)16-15(32)17(33)22(35,37-16)38-29-10-26-14-18(23)27-21(28-19(14)29)25-8-7-11-3-5-12(6-4-11)36-9-13(30)31/h3-6,10,15-17,32-33,35H,2,7-9H2,1H3,(H,24,34)(H,30,31)(H3,23,25,27,28)/t15-,16+,17-,22-/m1/s1. The van der Waals surface area contributed by atoms with Crippen molar-refractivity contribution < 1.29 is 44.3 Å². The fourth-order valence-electron chi connectivity index (χ4n) is 3.67. The Kier molecular flexibility index (Phi) is 7.77. The Bertz CT molecular complexity index is 1300. The third-order valence-electron chi connectivity index (χ3n) is 5.52. The van der Waals surface area contributed by atoms with Gasteiger partial charge in [0.1, 0.15) is 18.2 Å². The van der Waals surface area contributed by atoms with Crippen LogP contribution in [0.15, 0.2) is 30.6 Å². The summed E-state index contributed by atoms with van der Waals surface area (Å²) < 4.78 is 11.1. The molecular formula is C22H27N7O9. The molecule has 0 aliphatic carbocycles. The second-order valence-electron chi connectivity index (χ2n) is 8.27. The molecule has 1 fully saturated rings. The van der Waals surface area contributed by atoms with Gasteiger partial charge >= 0.3 is 11.9 Å². The topological polar surface area (TPSA) is 236 Å². The number of amides is 1. The van der Waals surface area contributed by atoms with Gasteiger partial charge in [0, 0.05) is 13.1 Å². The van der Waals surface area contributed by atoms with Crippen LogP contribution >= 0.6 is 0 Å². The van der Waals surface area contributed by atoms with E-state index in [4.69, 9.17) is 25.2 Å². The number of carbonyl (C=O) groups excluding carboxylic acids is 1. The molecule has 0 spiro atoms. The van der Waals surface area contributed by atoms with E-state index in [1.807, 2.05) is 0 Å². The normalized spacial score (nSPS) is 22.8. The number of carboxylic acid groups (broad SMARTS) is 1. The highest BCUT2D eigenvalue weighted by Crippen LogP contribution is 2.30. The lowest BCUT2D eigenvalue weighted by atomic mass is 10.1. The van der Waals surface area contributed by atoms with Gasteiger partial charge in [-0.3, -0.25) is 9.53 Å². The van der Waals surface area contributed by atoms with E-state index in [9.17, 15) is 24.9 Å². The summed E-state index contributed by atoms with van der Waals surface area (Å²) in [6, 6.07) is 6.89. The third-order valence-corrected chi connectivity index (χ3v) is 5.52. The number of aliphatic carboxylic acids is 1. The van der Waals surface area contributed by atoms with Crippen LogP contribution in [0.4, 0.5) is 11.8 Å². The van der Waals surface area contributed by atoms with Gasteiger partial charge in [-0.25, -0.2) is 9.78 Å². The minimum absolute atomic E-state index is 0.0000967. The number of ether oxygens (including phenoxy) is 2. The van der Waals surface area contributed by atoms with Gasteiger partial charge in [-0.1, -0.05) is 12.1 Å². The number of nitrogen functional groups attached to an aromatic ring is 1. The number of likely N-dealkylation sites (N-methyl/N-ethyl adjacent to an activating group) is 1. The zero-order valence-electron chi connectivity index (χ0n) is 20.1. The van der Waals surface area contributed by atoms with E-state index in [1.165, 1.54) is 0 Å². The molecule has 3 heterocycles. The average Bonchev–Trinajstić information content (AvgIpc) is 3.38. The monoisotopic (exact) mass is 533 g/mol. The van der Waals surface area contributed by atoms with Crippen molar-refractivity contribution in [2.75, 3.05) is 30.7 Å². The number of aromatic nitrogens is 4. The number of aliphatic hydroxyl groups excluding tert-OH is 2. The lowest BCUT2D eigenvalue weighted by Crippen LogP contribution is -2.51. The molecule has 1 aliphatic rings. The maximum Gasteiger partial charge on any atom is 0.376 e. The van der Waals surface area contributed by atoms with Crippen molar-refractivity contribution in [1.82, 2.24) is 25.0 Å². The summed E-state index contributed by atoms with van der Waals surface area (Å²) in [5, 5.41) is 45.3. The zero-order valence-corrected chi connectivity index (χ0v) is 20.1. The number of carbonyl (C=O) groups is 2. The van der Waals surface area contributed by atoms with E-state index in [-0.39, 0.29) is 29.5 Å². The maximum absolute atomic E-state index is 12.1. The molecule has 0 saturated carbocycles. The molecular weight excluding hydrogens is 506 g/mol. The van der Waals surface area contributed by atoms with Gasteiger partial charge in [-0.05, 0) is 31.0 Å². The largest absolute Gasteiger partial charge is 0.482 e. The number of carboxylic acids is 1. The van der Waals surface area contributed by atoms with Crippen LogP contribution in [-0.4, -0.2) is 96.0 Å². The van der Waals surface area contributed by atoms with Crippen molar-refractivity contribution in [3.05, 3.63) is 36.2 Å². The summed E-state index contributed by atoms with van der Waals surface area (Å²) in [6.45, 7) is 1.86. The summed E-state index contributed by atoms with van der Waals surface area (Å²) in [5.74, 6) is -4.06. The first-order chi connectivity index (χ1) is 18.1. The molecule has 16 heteroatoms. The van der Waals surface area contributed by atoms with Crippen LogP contribution in [0.3, 0.4) is 0 Å². The van der Waals surface area contributed by atoms with Crippen LogP contribution in [0.2, 0.25) is 0 Å². The molecule has 0 bridgehead atoms. The van der Waals surface area contributed by atoms with Crippen molar-refractivity contribution in [2.45, 2.75) is 37.6 Å². The van der Waals surface area contributed by atoms with E-state index in [1.54, 1.807) is 31.2 Å². The minimum atomic E-state index is -2.80. The maximum atomic E-state index is 12.1. The van der Waals surface area contributed by atoms with Gasteiger partial charge in [0.25, 0.3) is 5.91 Å². The molecule has 4 atom stereocenters. The number of imidazole rings is 1. The second kappa shape index (κ2) is 11.0. The van der Waals surface area contributed by atoms with E-state index in [2.05, 4.69) is 25.6 Å². The van der Waals surface area contributed by atoms with Gasteiger partial charge < -0.3 is 46.4 Å². The minimum Gasteiger partial charge on any atom is -0.482 e. The van der Waals surface area contributed by atoms with Gasteiger partial charge in [-0.15, -0.1) is 4.73 Å². The van der Waals surface area contributed by atoms with Gasteiger partial charge in [0.05, 0.1) is 0 Å². The highest BCUT2D eigenvalue weighted by atomic mass is 16.9. The van der Waals surface area contributed by atoms with Crippen molar-refractivity contribution >= 4 is 34.8 Å². The Hall–Kier alpha value is -4.25. The molecule has 16 nitrogen and oxygen atoms in total. The number of anilines is 2. The molecule has 1 saturated heterocycles. The molecule has 38 heavy (non-hydrogen) atoms. The predicted molar refractivity (Wildman–Crippen MR) is 129 cm³/mol. The Morgan fingerprint density at radius 2 is 1.97 bits per heavy atom. The van der Waals surface area contributed by atoms with Crippen LogP contribution in [0.1, 0.15) is 12.5 Å². The zero-order chi connectivity index (χ0) is 27.4. The Labute approximate surface area is 214 Å². The molecule has 4 rings (SSSR count). The van der Waals surface area contributed by atoms with Crippen molar-refractivity contribution in [3.8, 4) is 5.75 Å². The number of hydrogen-bond acceptors (Lipinski definition) is 13. The Morgan fingerprint density at radius 3 is 2.66 bits per heavy atom. The molecule has 1 amide bonds. The smallest absolute Gasteiger partial charge is 0.376 e. The summed E-state index contributed by atoms with van der Waals surface area (Å²) in [4.78, 5) is 40.5. The lowest BCUT2D eigenvalue weighted by Gasteiger charge is -2.25. The molecule has 1 aliphatic heterocycles. The summed E-state index contributed by atoms with van der Waals surface area (Å²) in [6.07, 6.45) is -3.69. The molecule has 2 aromatic heterocycles. The SMILES string of the molecule is CCNC(=O)[C@H]1O[C@@](O)(On2cnc3c(N)nc(NCCc4ccc(OCC(=O)O)cc4)nc32)[C@H](O)[C@@H]1O. The summed E-state index contributed by atoms with van der Waals surface area (Å²) >= 11 is 0. The molecule has 1 aromatic carbocycles. The van der Waals surface area contributed by atoms with Gasteiger partial charge in [0.2, 0.25) is 11.6 Å². The van der Waals surface area contributed by atoms with E-state index in [0.717, 1.165) is 16.6 Å². The number of aliphatic hydroxyl groups is 3. The van der Waals surface area contributed by atoms with Crippen molar-refractivity contribution in [1.29, 1.82) is 0 Å². The average molecular weight is 533 g/mol. The highest BCUT2D eigenvalue weighted by Gasteiger charge is 2.59. The number of hydrogen-bond donors (Lipinski definition) is 7. The van der Waals surface area contributed by atoms with E-state index in [0.29, 0.717) is 18.7 Å². The first-order valence-corrected chi connectivity index (χ1v) is 11.5. The first kappa shape index (κ1) is 26.8. The number of rotatable bonds is 11. The molecule has 204 valence electrons. The molecule has 0 unspecified atom stereocenters. The van der Waals surface area contributed by atoms with Crippen LogP contribution in [0.25, 0.3) is 11.2 Å². The van der Waals surface area contributed by atoms with E-state index >= 15 is 0 Å². The van der Waals surface area contributed by atoms with E-state index < -0.39 is 42.8 Å². The molecule has 3 aromatic rings. The fraction of sp³-hybridized carbons (Fsp3) is 0.409. The van der Waals surface area contributed by atoms with Crippen LogP contribution in [0, 0.1) is 0 Å². The summed E-state index contributed by atoms with van der Waals surface area (Å²) in [7, 11) is 0. The van der Waals surface area contributed by atoms with Crippen molar-refractivity contribution in [3.63, 3.8) is 0 Å². The Morgan fingerprint density at radius 1 is 1.24 bits per heavy atom. The van der Waals surface area contributed by atoms with Crippen LogP contribution < -0.4 is 25.9 Å². The summed E-state index contributed by atoms with van der Waals surface area (Å²) in [5.41, 5.74) is 7.06. The number of nitrogens with two attached hydrogens (primary N) is 1. The van der Waals surface area contributed by atoms with Crippen LogP contribution in [-0.2, 0) is 20.7 Å².